The van der Waals surface area contributed by atoms with Gasteiger partial charge in [0.15, 0.2) is 0 Å². The van der Waals surface area contributed by atoms with Crippen molar-refractivity contribution in [3.05, 3.63) is 0 Å². The van der Waals surface area contributed by atoms with Crippen molar-refractivity contribution in [2.75, 3.05) is 36.0 Å². The van der Waals surface area contributed by atoms with Crippen LogP contribution in [-0.2, 0) is 0 Å². The average Bonchev–Trinajstić information content (AvgIpc) is 2.38. The summed E-state index contributed by atoms with van der Waals surface area (Å²) in [6.07, 6.45) is 2.07. The zero-order chi connectivity index (χ0) is 13.5. The monoisotopic (exact) mass is 272 g/mol. The van der Waals surface area contributed by atoms with Crippen molar-refractivity contribution in [1.82, 2.24) is 15.0 Å². The fraction of sp³-hybridized carbons (Fsp3) is 0.700. The Bertz CT molecular complexity index is 377. The molecule has 1 heterocycles. The minimum atomic E-state index is 0.277. The molecule has 8 heteroatoms. The molecule has 18 heavy (non-hydrogen) atoms. The number of nitrogens with zero attached hydrogens (tertiary/aromatic N) is 4. The number of hydrazine groups is 1. The van der Waals surface area contributed by atoms with Gasteiger partial charge in [0, 0.05) is 18.8 Å². The van der Waals surface area contributed by atoms with Gasteiger partial charge in [-0.3, -0.25) is 5.43 Å². The summed E-state index contributed by atoms with van der Waals surface area (Å²) >= 11 is 1.77. The highest BCUT2D eigenvalue weighted by Gasteiger charge is 2.15. The molecular formula is C10H20N6OS. The normalized spacial score (nSPS) is 12.1. The van der Waals surface area contributed by atoms with Gasteiger partial charge in [-0.05, 0) is 20.1 Å². The fourth-order valence-corrected chi connectivity index (χ4v) is 2.02. The molecule has 0 amide bonds. The lowest BCUT2D eigenvalue weighted by Crippen LogP contribution is -2.32. The Balaban J connectivity index is 2.95. The number of hydrogen-bond donors (Lipinski definition) is 2. The van der Waals surface area contributed by atoms with E-state index >= 15 is 0 Å². The summed E-state index contributed by atoms with van der Waals surface area (Å²) in [5.41, 5.74) is 2.42. The van der Waals surface area contributed by atoms with Gasteiger partial charge < -0.3 is 9.64 Å². The van der Waals surface area contributed by atoms with Crippen molar-refractivity contribution >= 4 is 23.7 Å². The number of aromatic nitrogens is 3. The van der Waals surface area contributed by atoms with Crippen LogP contribution in [0.25, 0.3) is 0 Å². The lowest BCUT2D eigenvalue weighted by molar-refractivity contribution is 0.312. The molecule has 1 atom stereocenters. The third kappa shape index (κ3) is 3.88. The first-order valence-electron chi connectivity index (χ1n) is 5.69. The van der Waals surface area contributed by atoms with E-state index in [0.717, 1.165) is 5.75 Å². The highest BCUT2D eigenvalue weighted by Crippen LogP contribution is 2.16. The number of hydrogen-bond acceptors (Lipinski definition) is 8. The molecule has 0 bridgehead atoms. The van der Waals surface area contributed by atoms with E-state index < -0.39 is 0 Å². The standard InChI is InChI=1S/C10H20N6OS/c1-5-17-10-13-8(15-11)12-9(14-10)16(3)7(2)6-18-4/h7H,5-6,11H2,1-4H3,(H,12,13,14,15). The molecule has 0 aliphatic heterocycles. The van der Waals surface area contributed by atoms with Crippen LogP contribution >= 0.6 is 11.8 Å². The Morgan fingerprint density at radius 1 is 1.44 bits per heavy atom. The quantitative estimate of drug-likeness (QED) is 0.555. The lowest BCUT2D eigenvalue weighted by atomic mass is 10.3. The van der Waals surface area contributed by atoms with Crippen LogP contribution in [0.3, 0.4) is 0 Å². The molecule has 0 saturated heterocycles. The maximum absolute atomic E-state index is 5.34. The summed E-state index contributed by atoms with van der Waals surface area (Å²) < 4.78 is 5.29. The van der Waals surface area contributed by atoms with Gasteiger partial charge in [-0.2, -0.15) is 26.7 Å². The SMILES string of the molecule is CCOc1nc(NN)nc(N(C)C(C)CSC)n1. The van der Waals surface area contributed by atoms with Crippen LogP contribution in [0.4, 0.5) is 11.9 Å². The minimum absolute atomic E-state index is 0.277. The van der Waals surface area contributed by atoms with E-state index in [2.05, 4.69) is 33.6 Å². The molecule has 1 aromatic rings. The summed E-state index contributed by atoms with van der Waals surface area (Å²) in [7, 11) is 1.94. The van der Waals surface area contributed by atoms with Gasteiger partial charge >= 0.3 is 6.01 Å². The molecule has 0 radical (unpaired) electrons. The van der Waals surface area contributed by atoms with Crippen molar-refractivity contribution in [2.45, 2.75) is 19.9 Å². The van der Waals surface area contributed by atoms with Crippen molar-refractivity contribution in [2.24, 2.45) is 5.84 Å². The molecule has 1 rings (SSSR count). The van der Waals surface area contributed by atoms with Gasteiger partial charge in [-0.1, -0.05) is 0 Å². The molecule has 0 aromatic carbocycles. The third-order valence-corrected chi connectivity index (χ3v) is 3.21. The molecular weight excluding hydrogens is 252 g/mol. The number of ether oxygens (including phenoxy) is 1. The Hall–Kier alpha value is -1.28. The molecule has 102 valence electrons. The van der Waals surface area contributed by atoms with E-state index in [9.17, 15) is 0 Å². The molecule has 0 saturated carbocycles. The van der Waals surface area contributed by atoms with Crippen LogP contribution < -0.4 is 20.9 Å². The zero-order valence-electron chi connectivity index (χ0n) is 11.2. The number of anilines is 2. The Kier molecular flexibility index (Phi) is 5.93. The van der Waals surface area contributed by atoms with E-state index in [1.165, 1.54) is 0 Å². The topological polar surface area (TPSA) is 89.2 Å². The molecule has 1 unspecified atom stereocenters. The molecule has 0 aliphatic carbocycles. The second-order valence-corrected chi connectivity index (χ2v) is 4.64. The van der Waals surface area contributed by atoms with E-state index in [1.807, 2.05) is 18.9 Å². The fourth-order valence-electron chi connectivity index (χ4n) is 1.31. The van der Waals surface area contributed by atoms with Crippen LogP contribution in [0.15, 0.2) is 0 Å². The molecule has 7 nitrogen and oxygen atoms in total. The van der Waals surface area contributed by atoms with Crippen molar-refractivity contribution in [1.29, 1.82) is 0 Å². The van der Waals surface area contributed by atoms with Crippen molar-refractivity contribution in [3.63, 3.8) is 0 Å². The van der Waals surface area contributed by atoms with Gasteiger partial charge in [-0.25, -0.2) is 5.84 Å². The summed E-state index contributed by atoms with van der Waals surface area (Å²) in [4.78, 5) is 14.5. The number of nitrogens with one attached hydrogen (secondary N) is 1. The van der Waals surface area contributed by atoms with Gasteiger partial charge in [0.1, 0.15) is 0 Å². The van der Waals surface area contributed by atoms with Gasteiger partial charge in [0.05, 0.1) is 6.61 Å². The molecule has 0 aliphatic rings. The average molecular weight is 272 g/mol. The van der Waals surface area contributed by atoms with E-state index in [-0.39, 0.29) is 6.01 Å². The molecule has 1 aromatic heterocycles. The number of nitrogen functional groups attached to an aromatic ring is 1. The summed E-state index contributed by atoms with van der Waals surface area (Å²) in [6, 6.07) is 0.584. The van der Waals surface area contributed by atoms with Gasteiger partial charge in [0.2, 0.25) is 11.9 Å². The molecule has 3 N–H and O–H groups in total. The largest absolute Gasteiger partial charge is 0.464 e. The first-order valence-corrected chi connectivity index (χ1v) is 7.09. The molecule has 0 fully saturated rings. The first kappa shape index (κ1) is 14.8. The molecule has 0 spiro atoms. The highest BCUT2D eigenvalue weighted by atomic mass is 32.2. The number of nitrogens with two attached hydrogens (primary N) is 1. The second kappa shape index (κ2) is 7.22. The van der Waals surface area contributed by atoms with Gasteiger partial charge in [0.25, 0.3) is 0 Å². The zero-order valence-corrected chi connectivity index (χ0v) is 12.0. The van der Waals surface area contributed by atoms with E-state index in [1.54, 1.807) is 11.8 Å². The maximum atomic E-state index is 5.34. The summed E-state index contributed by atoms with van der Waals surface area (Å²) in [5, 5.41) is 0. The van der Waals surface area contributed by atoms with Crippen LogP contribution in [0.1, 0.15) is 13.8 Å². The van der Waals surface area contributed by atoms with Crippen molar-refractivity contribution in [3.8, 4) is 6.01 Å². The second-order valence-electron chi connectivity index (χ2n) is 3.73. The Labute approximate surface area is 112 Å². The minimum Gasteiger partial charge on any atom is -0.464 e. The lowest BCUT2D eigenvalue weighted by Gasteiger charge is -2.24. The van der Waals surface area contributed by atoms with Crippen LogP contribution in [0, 0.1) is 0 Å². The Morgan fingerprint density at radius 3 is 2.72 bits per heavy atom. The van der Waals surface area contributed by atoms with E-state index in [0.29, 0.717) is 24.5 Å². The van der Waals surface area contributed by atoms with E-state index in [4.69, 9.17) is 10.6 Å². The first-order chi connectivity index (χ1) is 8.62. The van der Waals surface area contributed by atoms with Gasteiger partial charge in [-0.15, -0.1) is 0 Å². The van der Waals surface area contributed by atoms with Crippen LogP contribution in [0.2, 0.25) is 0 Å². The predicted molar refractivity (Wildman–Crippen MR) is 75.1 cm³/mol. The van der Waals surface area contributed by atoms with Crippen LogP contribution in [0.5, 0.6) is 6.01 Å². The highest BCUT2D eigenvalue weighted by molar-refractivity contribution is 7.98. The third-order valence-electron chi connectivity index (χ3n) is 2.39. The summed E-state index contributed by atoms with van der Waals surface area (Å²) in [5.74, 6) is 7.16. The predicted octanol–water partition coefficient (Wildman–Crippen LogP) is 0.744. The Morgan fingerprint density at radius 2 is 2.17 bits per heavy atom. The maximum Gasteiger partial charge on any atom is 0.323 e. The number of thioether (sulfide) groups is 1. The van der Waals surface area contributed by atoms with Crippen LogP contribution in [-0.4, -0.2) is 46.7 Å². The number of rotatable bonds is 7. The smallest absolute Gasteiger partial charge is 0.323 e. The summed E-state index contributed by atoms with van der Waals surface area (Å²) in [6.45, 7) is 4.48. The van der Waals surface area contributed by atoms with Crippen molar-refractivity contribution < 1.29 is 4.74 Å².